The standard InChI is InChI=1S/C10H16O/c1-8(2)4-5-10-9(3)6-7-11-10/h4-5,9-10H,1,6-7H2,2-3H3. The highest BCUT2D eigenvalue weighted by Gasteiger charge is 2.20. The molecule has 11 heavy (non-hydrogen) atoms. The predicted molar refractivity (Wildman–Crippen MR) is 47.5 cm³/mol. The molecule has 2 unspecified atom stereocenters. The lowest BCUT2D eigenvalue weighted by Gasteiger charge is -2.08. The fraction of sp³-hybridized carbons (Fsp3) is 0.600. The quantitative estimate of drug-likeness (QED) is 0.552. The first-order chi connectivity index (χ1) is 5.20. The molecule has 1 saturated heterocycles. The number of rotatable bonds is 2. The van der Waals surface area contributed by atoms with Crippen LogP contribution in [0.4, 0.5) is 0 Å². The molecule has 2 atom stereocenters. The van der Waals surface area contributed by atoms with E-state index in [1.165, 1.54) is 6.42 Å². The maximum Gasteiger partial charge on any atom is 0.0785 e. The largest absolute Gasteiger partial charge is 0.374 e. The van der Waals surface area contributed by atoms with Crippen molar-refractivity contribution in [3.05, 3.63) is 24.3 Å². The highest BCUT2D eigenvalue weighted by Crippen LogP contribution is 2.21. The summed E-state index contributed by atoms with van der Waals surface area (Å²) in [6, 6.07) is 0. The van der Waals surface area contributed by atoms with Gasteiger partial charge in [-0.05, 0) is 19.3 Å². The van der Waals surface area contributed by atoms with Crippen LogP contribution in [0, 0.1) is 5.92 Å². The Morgan fingerprint density at radius 1 is 1.64 bits per heavy atom. The summed E-state index contributed by atoms with van der Waals surface area (Å²) in [5, 5.41) is 0. The lowest BCUT2D eigenvalue weighted by atomic mass is 10.0. The number of hydrogen-bond acceptors (Lipinski definition) is 1. The third-order valence-electron chi connectivity index (χ3n) is 2.01. The van der Waals surface area contributed by atoms with E-state index in [0.717, 1.165) is 12.2 Å². The van der Waals surface area contributed by atoms with E-state index in [9.17, 15) is 0 Å². The first-order valence-electron chi connectivity index (χ1n) is 4.15. The predicted octanol–water partition coefficient (Wildman–Crippen LogP) is 2.54. The lowest BCUT2D eigenvalue weighted by Crippen LogP contribution is -2.08. The van der Waals surface area contributed by atoms with Crippen LogP contribution in [-0.2, 0) is 4.74 Å². The third-order valence-corrected chi connectivity index (χ3v) is 2.01. The average Bonchev–Trinajstić information content (AvgIpc) is 2.31. The Labute approximate surface area is 68.8 Å². The van der Waals surface area contributed by atoms with E-state index in [1.807, 2.05) is 13.0 Å². The van der Waals surface area contributed by atoms with Crippen LogP contribution in [0.5, 0.6) is 0 Å². The molecule has 1 nitrogen and oxygen atoms in total. The summed E-state index contributed by atoms with van der Waals surface area (Å²) < 4.78 is 5.49. The van der Waals surface area contributed by atoms with Gasteiger partial charge in [0.05, 0.1) is 6.10 Å². The third kappa shape index (κ3) is 2.51. The van der Waals surface area contributed by atoms with Crippen molar-refractivity contribution in [1.29, 1.82) is 0 Å². The SMILES string of the molecule is C=C(C)C=CC1OCCC1C. The molecule has 0 spiro atoms. The molecule has 0 saturated carbocycles. The van der Waals surface area contributed by atoms with Crippen LogP contribution < -0.4 is 0 Å². The Bertz CT molecular complexity index is 170. The molecule has 0 aliphatic carbocycles. The fourth-order valence-electron chi connectivity index (χ4n) is 1.22. The molecule has 1 fully saturated rings. The number of hydrogen-bond donors (Lipinski definition) is 0. The molecular weight excluding hydrogens is 136 g/mol. The van der Waals surface area contributed by atoms with Crippen molar-refractivity contribution in [1.82, 2.24) is 0 Å². The monoisotopic (exact) mass is 152 g/mol. The van der Waals surface area contributed by atoms with Crippen LogP contribution in [0.1, 0.15) is 20.3 Å². The van der Waals surface area contributed by atoms with Gasteiger partial charge >= 0.3 is 0 Å². The van der Waals surface area contributed by atoms with Gasteiger partial charge in [-0.3, -0.25) is 0 Å². The zero-order valence-electron chi connectivity index (χ0n) is 7.34. The molecule has 0 amide bonds. The Morgan fingerprint density at radius 2 is 2.36 bits per heavy atom. The summed E-state index contributed by atoms with van der Waals surface area (Å²) in [6.07, 6.45) is 5.66. The second kappa shape index (κ2) is 3.72. The van der Waals surface area contributed by atoms with Gasteiger partial charge in [0.25, 0.3) is 0 Å². The Hall–Kier alpha value is -0.560. The van der Waals surface area contributed by atoms with Gasteiger partial charge in [-0.25, -0.2) is 0 Å². The summed E-state index contributed by atoms with van der Waals surface area (Å²) >= 11 is 0. The molecule has 1 aliphatic rings. The first kappa shape index (κ1) is 8.54. The van der Waals surface area contributed by atoms with E-state index in [-0.39, 0.29) is 0 Å². The zero-order valence-corrected chi connectivity index (χ0v) is 7.34. The van der Waals surface area contributed by atoms with Gasteiger partial charge < -0.3 is 4.74 Å². The molecule has 1 heterocycles. The molecular formula is C10H16O. The summed E-state index contributed by atoms with van der Waals surface area (Å²) in [6.45, 7) is 8.93. The smallest absolute Gasteiger partial charge is 0.0785 e. The van der Waals surface area contributed by atoms with Crippen molar-refractivity contribution in [2.24, 2.45) is 5.92 Å². The second-order valence-corrected chi connectivity index (χ2v) is 3.31. The van der Waals surface area contributed by atoms with Crippen molar-refractivity contribution < 1.29 is 4.74 Å². The number of ether oxygens (including phenoxy) is 1. The van der Waals surface area contributed by atoms with Crippen molar-refractivity contribution in [3.8, 4) is 0 Å². The van der Waals surface area contributed by atoms with Crippen molar-refractivity contribution >= 4 is 0 Å². The van der Waals surface area contributed by atoms with Crippen molar-refractivity contribution in [2.45, 2.75) is 26.4 Å². The van der Waals surface area contributed by atoms with Gasteiger partial charge in [-0.2, -0.15) is 0 Å². The molecule has 1 rings (SSSR count). The van der Waals surface area contributed by atoms with Crippen molar-refractivity contribution in [2.75, 3.05) is 6.61 Å². The Morgan fingerprint density at radius 3 is 2.82 bits per heavy atom. The number of allylic oxidation sites excluding steroid dienone is 2. The van der Waals surface area contributed by atoms with E-state index in [4.69, 9.17) is 4.74 Å². The van der Waals surface area contributed by atoms with Gasteiger partial charge in [0.1, 0.15) is 0 Å². The zero-order chi connectivity index (χ0) is 8.27. The second-order valence-electron chi connectivity index (χ2n) is 3.31. The molecule has 0 aromatic rings. The van der Waals surface area contributed by atoms with Crippen LogP contribution in [0.25, 0.3) is 0 Å². The highest BCUT2D eigenvalue weighted by atomic mass is 16.5. The maximum absolute atomic E-state index is 5.49. The Balaban J connectivity index is 2.42. The van der Waals surface area contributed by atoms with Crippen LogP contribution >= 0.6 is 0 Å². The summed E-state index contributed by atoms with van der Waals surface area (Å²) in [5.74, 6) is 0.672. The molecule has 1 heteroatoms. The van der Waals surface area contributed by atoms with Gasteiger partial charge in [0, 0.05) is 6.61 Å². The Kier molecular flexibility index (Phi) is 2.89. The summed E-state index contributed by atoms with van der Waals surface area (Å²) in [5.41, 5.74) is 1.09. The van der Waals surface area contributed by atoms with Gasteiger partial charge in [0.15, 0.2) is 0 Å². The van der Waals surface area contributed by atoms with Crippen molar-refractivity contribution in [3.63, 3.8) is 0 Å². The topological polar surface area (TPSA) is 9.23 Å². The van der Waals surface area contributed by atoms with E-state index in [1.54, 1.807) is 0 Å². The highest BCUT2D eigenvalue weighted by molar-refractivity contribution is 5.13. The van der Waals surface area contributed by atoms with E-state index >= 15 is 0 Å². The molecule has 0 aromatic heterocycles. The molecule has 1 aliphatic heterocycles. The average molecular weight is 152 g/mol. The van der Waals surface area contributed by atoms with E-state index in [2.05, 4.69) is 19.6 Å². The minimum absolute atomic E-state index is 0.326. The van der Waals surface area contributed by atoms with Crippen LogP contribution in [0.15, 0.2) is 24.3 Å². The molecule has 0 bridgehead atoms. The van der Waals surface area contributed by atoms with Gasteiger partial charge in [-0.1, -0.05) is 31.2 Å². The first-order valence-corrected chi connectivity index (χ1v) is 4.15. The van der Waals surface area contributed by atoms with Crippen LogP contribution in [0.3, 0.4) is 0 Å². The lowest BCUT2D eigenvalue weighted by molar-refractivity contribution is 0.131. The van der Waals surface area contributed by atoms with Crippen LogP contribution in [-0.4, -0.2) is 12.7 Å². The van der Waals surface area contributed by atoms with E-state index < -0.39 is 0 Å². The van der Waals surface area contributed by atoms with E-state index in [0.29, 0.717) is 12.0 Å². The molecule has 62 valence electrons. The van der Waals surface area contributed by atoms with Gasteiger partial charge in [-0.15, -0.1) is 0 Å². The fourth-order valence-corrected chi connectivity index (χ4v) is 1.22. The van der Waals surface area contributed by atoms with Crippen LogP contribution in [0.2, 0.25) is 0 Å². The minimum atomic E-state index is 0.326. The molecule has 0 N–H and O–H groups in total. The normalized spacial score (nSPS) is 31.5. The summed E-state index contributed by atoms with van der Waals surface area (Å²) in [7, 11) is 0. The maximum atomic E-state index is 5.49. The van der Waals surface area contributed by atoms with Gasteiger partial charge in [0.2, 0.25) is 0 Å². The molecule has 0 radical (unpaired) electrons. The minimum Gasteiger partial charge on any atom is -0.374 e. The molecule has 0 aromatic carbocycles. The summed E-state index contributed by atoms with van der Waals surface area (Å²) in [4.78, 5) is 0.